The summed E-state index contributed by atoms with van der Waals surface area (Å²) in [6, 6.07) is 28.2. The Labute approximate surface area is 164 Å². The molecule has 0 atom stereocenters. The van der Waals surface area contributed by atoms with E-state index in [1.807, 2.05) is 60.7 Å². The fourth-order valence-corrected chi connectivity index (χ4v) is 3.57. The van der Waals surface area contributed by atoms with E-state index in [1.165, 1.54) is 11.1 Å². The van der Waals surface area contributed by atoms with Crippen LogP contribution in [0.4, 0.5) is 5.69 Å². The average Bonchev–Trinajstić information content (AvgIpc) is 3.00. The van der Waals surface area contributed by atoms with Crippen LogP contribution in [-0.2, 0) is 17.9 Å². The SMILES string of the molecule is NN=C1C(=O)N(CN(Cc2ccccc2)Cc2ccccc2)c2ccccc21. The quantitative estimate of drug-likeness (QED) is 0.535. The van der Waals surface area contributed by atoms with E-state index in [-0.39, 0.29) is 5.91 Å². The van der Waals surface area contributed by atoms with Gasteiger partial charge >= 0.3 is 0 Å². The van der Waals surface area contributed by atoms with Crippen LogP contribution in [-0.4, -0.2) is 23.2 Å². The van der Waals surface area contributed by atoms with E-state index in [4.69, 9.17) is 5.84 Å². The molecule has 0 aromatic heterocycles. The molecule has 5 heteroatoms. The van der Waals surface area contributed by atoms with E-state index in [9.17, 15) is 4.79 Å². The number of rotatable bonds is 6. The van der Waals surface area contributed by atoms with Crippen molar-refractivity contribution in [1.82, 2.24) is 4.90 Å². The van der Waals surface area contributed by atoms with Gasteiger partial charge in [0.1, 0.15) is 0 Å². The van der Waals surface area contributed by atoms with Crippen LogP contribution >= 0.6 is 0 Å². The van der Waals surface area contributed by atoms with Crippen molar-refractivity contribution in [3.8, 4) is 0 Å². The summed E-state index contributed by atoms with van der Waals surface area (Å²) in [6.07, 6.45) is 0. The highest BCUT2D eigenvalue weighted by Crippen LogP contribution is 2.29. The van der Waals surface area contributed by atoms with Crippen LogP contribution in [0.5, 0.6) is 0 Å². The van der Waals surface area contributed by atoms with Gasteiger partial charge in [-0.15, -0.1) is 0 Å². The number of nitrogens with zero attached hydrogens (tertiary/aromatic N) is 3. The van der Waals surface area contributed by atoms with Crippen LogP contribution in [0.2, 0.25) is 0 Å². The fraction of sp³-hybridized carbons (Fsp3) is 0.130. The molecule has 3 aromatic rings. The van der Waals surface area contributed by atoms with Crippen molar-refractivity contribution in [3.05, 3.63) is 102 Å². The number of anilines is 1. The van der Waals surface area contributed by atoms with Crippen molar-refractivity contribution in [2.24, 2.45) is 10.9 Å². The number of benzene rings is 3. The molecule has 0 spiro atoms. The van der Waals surface area contributed by atoms with E-state index < -0.39 is 0 Å². The summed E-state index contributed by atoms with van der Waals surface area (Å²) in [5.41, 5.74) is 4.35. The van der Waals surface area contributed by atoms with E-state index in [2.05, 4.69) is 34.3 Å². The first-order valence-corrected chi connectivity index (χ1v) is 9.25. The molecular formula is C23H22N4O. The Kier molecular flexibility index (Phi) is 5.17. The van der Waals surface area contributed by atoms with Gasteiger partial charge in [-0.2, -0.15) is 5.10 Å². The first-order valence-electron chi connectivity index (χ1n) is 9.25. The van der Waals surface area contributed by atoms with E-state index in [0.717, 1.165) is 24.3 Å². The molecule has 3 aromatic carbocycles. The van der Waals surface area contributed by atoms with E-state index >= 15 is 0 Å². The predicted molar refractivity (Wildman–Crippen MR) is 112 cm³/mol. The zero-order valence-electron chi connectivity index (χ0n) is 15.5. The standard InChI is InChI=1S/C23H22N4O/c24-25-22-20-13-7-8-14-21(20)27(23(22)28)17-26(15-18-9-3-1-4-10-18)16-19-11-5-2-6-12-19/h1-14H,15-17,24H2. The molecule has 5 nitrogen and oxygen atoms in total. The molecule has 1 amide bonds. The number of hydrazone groups is 1. The van der Waals surface area contributed by atoms with Gasteiger partial charge in [0.05, 0.1) is 12.4 Å². The van der Waals surface area contributed by atoms with Crippen molar-refractivity contribution in [2.45, 2.75) is 13.1 Å². The molecule has 140 valence electrons. The molecule has 1 aliphatic rings. The number of hydrogen-bond donors (Lipinski definition) is 1. The first-order chi connectivity index (χ1) is 13.8. The van der Waals surface area contributed by atoms with Gasteiger partial charge in [0.25, 0.3) is 5.91 Å². The van der Waals surface area contributed by atoms with Gasteiger partial charge < -0.3 is 5.84 Å². The third-order valence-electron chi connectivity index (χ3n) is 4.87. The van der Waals surface area contributed by atoms with Crippen LogP contribution in [0.1, 0.15) is 16.7 Å². The molecule has 0 bridgehead atoms. The minimum Gasteiger partial charge on any atom is -0.322 e. The molecule has 0 saturated heterocycles. The van der Waals surface area contributed by atoms with Crippen LogP contribution in [0, 0.1) is 0 Å². The van der Waals surface area contributed by atoms with Crippen molar-refractivity contribution >= 4 is 17.3 Å². The number of amides is 1. The maximum atomic E-state index is 12.9. The third-order valence-corrected chi connectivity index (χ3v) is 4.87. The summed E-state index contributed by atoms with van der Waals surface area (Å²) in [5, 5.41) is 3.74. The number of hydrogen-bond acceptors (Lipinski definition) is 4. The van der Waals surface area contributed by atoms with Gasteiger partial charge in [0.15, 0.2) is 5.71 Å². The lowest BCUT2D eigenvalue weighted by Gasteiger charge is -2.28. The van der Waals surface area contributed by atoms with Gasteiger partial charge in [-0.25, -0.2) is 0 Å². The van der Waals surface area contributed by atoms with Gasteiger partial charge in [-0.05, 0) is 17.2 Å². The second-order valence-corrected chi connectivity index (χ2v) is 6.83. The van der Waals surface area contributed by atoms with Gasteiger partial charge in [-0.1, -0.05) is 78.9 Å². The number of nitrogens with two attached hydrogens (primary N) is 1. The van der Waals surface area contributed by atoms with Crippen molar-refractivity contribution in [2.75, 3.05) is 11.6 Å². The molecule has 0 saturated carbocycles. The monoisotopic (exact) mass is 370 g/mol. The maximum absolute atomic E-state index is 12.9. The van der Waals surface area contributed by atoms with Crippen LogP contribution < -0.4 is 10.7 Å². The molecule has 1 aliphatic heterocycles. The lowest BCUT2D eigenvalue weighted by Crippen LogP contribution is -2.40. The lowest BCUT2D eigenvalue weighted by molar-refractivity contribution is -0.112. The third kappa shape index (κ3) is 3.66. The van der Waals surface area contributed by atoms with Gasteiger partial charge in [0, 0.05) is 18.7 Å². The predicted octanol–water partition coefficient (Wildman–Crippen LogP) is 3.36. The topological polar surface area (TPSA) is 61.9 Å². The summed E-state index contributed by atoms with van der Waals surface area (Å²) in [4.78, 5) is 16.9. The zero-order valence-corrected chi connectivity index (χ0v) is 15.5. The minimum absolute atomic E-state index is 0.158. The molecule has 2 N–H and O–H groups in total. The van der Waals surface area contributed by atoms with Crippen LogP contribution in [0.15, 0.2) is 90.0 Å². The second-order valence-electron chi connectivity index (χ2n) is 6.83. The Morgan fingerprint density at radius 1 is 0.786 bits per heavy atom. The van der Waals surface area contributed by atoms with Crippen molar-refractivity contribution < 1.29 is 4.79 Å². The van der Waals surface area contributed by atoms with E-state index in [0.29, 0.717) is 12.4 Å². The maximum Gasteiger partial charge on any atom is 0.280 e. The Balaban J connectivity index is 1.62. The van der Waals surface area contributed by atoms with Crippen molar-refractivity contribution in [1.29, 1.82) is 0 Å². The first kappa shape index (κ1) is 17.9. The minimum atomic E-state index is -0.158. The number of carbonyl (C=O) groups is 1. The molecular weight excluding hydrogens is 348 g/mol. The van der Waals surface area contributed by atoms with Crippen molar-refractivity contribution in [3.63, 3.8) is 0 Å². The summed E-state index contributed by atoms with van der Waals surface area (Å²) in [7, 11) is 0. The normalized spacial score (nSPS) is 14.7. The molecule has 0 fully saturated rings. The fourth-order valence-electron chi connectivity index (χ4n) is 3.57. The Morgan fingerprint density at radius 2 is 1.32 bits per heavy atom. The largest absolute Gasteiger partial charge is 0.322 e. The van der Waals surface area contributed by atoms with Crippen LogP contribution in [0.3, 0.4) is 0 Å². The van der Waals surface area contributed by atoms with Crippen LogP contribution in [0.25, 0.3) is 0 Å². The smallest absolute Gasteiger partial charge is 0.280 e. The summed E-state index contributed by atoms with van der Waals surface area (Å²) in [6.45, 7) is 1.92. The molecule has 4 rings (SSSR count). The summed E-state index contributed by atoms with van der Waals surface area (Å²) >= 11 is 0. The zero-order chi connectivity index (χ0) is 19.3. The molecule has 0 aliphatic carbocycles. The molecule has 28 heavy (non-hydrogen) atoms. The lowest BCUT2D eigenvalue weighted by atomic mass is 10.1. The number of fused-ring (bicyclic) bond motifs is 1. The Morgan fingerprint density at radius 3 is 1.89 bits per heavy atom. The highest BCUT2D eigenvalue weighted by atomic mass is 16.2. The van der Waals surface area contributed by atoms with E-state index in [1.54, 1.807) is 4.90 Å². The van der Waals surface area contributed by atoms with Gasteiger partial charge in [0.2, 0.25) is 0 Å². The second kappa shape index (κ2) is 8.06. The number of carbonyl (C=O) groups excluding carboxylic acids is 1. The highest BCUT2D eigenvalue weighted by molar-refractivity contribution is 6.54. The van der Waals surface area contributed by atoms with Gasteiger partial charge in [-0.3, -0.25) is 14.6 Å². The summed E-state index contributed by atoms with van der Waals surface area (Å²) < 4.78 is 0. The average molecular weight is 370 g/mol. The molecule has 0 radical (unpaired) electrons. The highest BCUT2D eigenvalue weighted by Gasteiger charge is 2.34. The molecule has 1 heterocycles. The number of para-hydroxylation sites is 1. The summed E-state index contributed by atoms with van der Waals surface area (Å²) in [5.74, 6) is 5.35. The Hall–Kier alpha value is -3.44. The Bertz CT molecular complexity index is 944. The molecule has 0 unspecified atom stereocenters.